The number of hydrogen-bond acceptors (Lipinski definition) is 5. The van der Waals surface area contributed by atoms with Gasteiger partial charge in [0, 0.05) is 18.0 Å². The Morgan fingerprint density at radius 2 is 1.83 bits per heavy atom. The summed E-state index contributed by atoms with van der Waals surface area (Å²) in [5.41, 5.74) is 2.18. The van der Waals surface area contributed by atoms with Crippen molar-refractivity contribution < 1.29 is 9.47 Å². The smallest absolute Gasteiger partial charge is 0.333 e. The van der Waals surface area contributed by atoms with Crippen LogP contribution in [0.25, 0.3) is 5.69 Å². The molecule has 0 saturated carbocycles. The molecule has 0 atom stereocenters. The van der Waals surface area contributed by atoms with Gasteiger partial charge in [0.2, 0.25) is 5.88 Å². The molecule has 0 spiro atoms. The number of aryl methyl sites for hydroxylation is 1. The fraction of sp³-hybridized carbons (Fsp3) is 0.235. The molecule has 0 unspecified atom stereocenters. The van der Waals surface area contributed by atoms with E-state index in [0.29, 0.717) is 18.1 Å². The van der Waals surface area contributed by atoms with Crippen LogP contribution in [0.5, 0.6) is 11.9 Å². The monoisotopic (exact) mass is 326 g/mol. The minimum Gasteiger partial charge on any atom is -0.481 e. The number of rotatable bonds is 5. The number of imidazole rings is 1. The van der Waals surface area contributed by atoms with E-state index < -0.39 is 0 Å². The fourth-order valence-corrected chi connectivity index (χ4v) is 2.52. The third kappa shape index (κ3) is 3.01. The van der Waals surface area contributed by atoms with E-state index in [0.717, 1.165) is 11.4 Å². The molecule has 0 bridgehead atoms. The molecular weight excluding hydrogens is 308 g/mol. The minimum absolute atomic E-state index is 0.129. The van der Waals surface area contributed by atoms with Gasteiger partial charge >= 0.3 is 11.7 Å². The first kappa shape index (κ1) is 15.8. The molecule has 3 rings (SSSR count). The number of para-hydroxylation sites is 1. The number of methoxy groups -OCH3 is 2. The highest BCUT2D eigenvalue weighted by atomic mass is 16.5. The number of hydrogen-bond donors (Lipinski definition) is 0. The van der Waals surface area contributed by atoms with E-state index in [1.807, 2.05) is 37.3 Å². The average Bonchev–Trinajstić information content (AvgIpc) is 2.88. The molecule has 0 aliphatic carbocycles. The van der Waals surface area contributed by atoms with E-state index in [4.69, 9.17) is 9.47 Å². The average molecular weight is 326 g/mol. The number of ether oxygens (including phenoxy) is 2. The highest BCUT2D eigenvalue weighted by Gasteiger charge is 2.12. The van der Waals surface area contributed by atoms with Crippen molar-refractivity contribution in [3.8, 4) is 17.6 Å². The van der Waals surface area contributed by atoms with Crippen molar-refractivity contribution >= 4 is 0 Å². The molecule has 24 heavy (non-hydrogen) atoms. The molecule has 1 aromatic carbocycles. The Morgan fingerprint density at radius 1 is 1.08 bits per heavy atom. The molecule has 0 amide bonds. The van der Waals surface area contributed by atoms with Gasteiger partial charge in [-0.2, -0.15) is 9.97 Å². The second-order valence-electron chi connectivity index (χ2n) is 5.24. The van der Waals surface area contributed by atoms with Gasteiger partial charge in [-0.1, -0.05) is 18.2 Å². The van der Waals surface area contributed by atoms with Gasteiger partial charge in [0.05, 0.1) is 32.1 Å². The maximum atomic E-state index is 12.7. The van der Waals surface area contributed by atoms with E-state index in [9.17, 15) is 4.79 Å². The van der Waals surface area contributed by atoms with Crippen molar-refractivity contribution in [1.82, 2.24) is 19.1 Å². The molecule has 0 saturated heterocycles. The predicted molar refractivity (Wildman–Crippen MR) is 89.0 cm³/mol. The summed E-state index contributed by atoms with van der Waals surface area (Å²) in [6, 6.07) is 11.4. The molecule has 2 heterocycles. The van der Waals surface area contributed by atoms with Gasteiger partial charge in [0.25, 0.3) is 0 Å². The van der Waals surface area contributed by atoms with Crippen LogP contribution >= 0.6 is 0 Å². The number of nitrogens with zero attached hydrogens (tertiary/aromatic N) is 4. The van der Waals surface area contributed by atoms with Gasteiger partial charge < -0.3 is 9.47 Å². The van der Waals surface area contributed by atoms with E-state index in [1.165, 1.54) is 14.2 Å². The summed E-state index contributed by atoms with van der Waals surface area (Å²) in [5.74, 6) is 0.393. The second-order valence-corrected chi connectivity index (χ2v) is 5.24. The normalized spacial score (nSPS) is 10.6. The van der Waals surface area contributed by atoms with Crippen LogP contribution in [0, 0.1) is 6.92 Å². The second kappa shape index (κ2) is 6.57. The Hall–Kier alpha value is -3.09. The van der Waals surface area contributed by atoms with Gasteiger partial charge in [0.15, 0.2) is 0 Å². The third-order valence-electron chi connectivity index (χ3n) is 3.61. The lowest BCUT2D eigenvalue weighted by molar-refractivity contribution is 0.349. The SMILES string of the molecule is COc1cc(Cn2cc(C)n(-c3ccccc3)c2=O)nc(OC)n1. The molecule has 0 aliphatic rings. The summed E-state index contributed by atoms with van der Waals surface area (Å²) in [4.78, 5) is 21.0. The fourth-order valence-electron chi connectivity index (χ4n) is 2.52. The van der Waals surface area contributed by atoms with Crippen molar-refractivity contribution in [1.29, 1.82) is 0 Å². The zero-order chi connectivity index (χ0) is 17.1. The highest BCUT2D eigenvalue weighted by Crippen LogP contribution is 2.15. The predicted octanol–water partition coefficient (Wildman–Crippen LogP) is 1.80. The molecule has 0 aliphatic heterocycles. The standard InChI is InChI=1S/C17H18N4O3/c1-12-10-20(17(22)21(12)14-7-5-4-6-8-14)11-13-9-15(23-2)19-16(18-13)24-3/h4-10H,11H2,1-3H3. The Labute approximate surface area is 139 Å². The first-order valence-corrected chi connectivity index (χ1v) is 7.42. The van der Waals surface area contributed by atoms with Crippen molar-refractivity contribution in [2.45, 2.75) is 13.5 Å². The lowest BCUT2D eigenvalue weighted by Crippen LogP contribution is -2.24. The topological polar surface area (TPSA) is 71.2 Å². The zero-order valence-electron chi connectivity index (χ0n) is 13.8. The Morgan fingerprint density at radius 3 is 2.50 bits per heavy atom. The van der Waals surface area contributed by atoms with Crippen LogP contribution in [-0.4, -0.2) is 33.3 Å². The maximum absolute atomic E-state index is 12.7. The summed E-state index contributed by atoms with van der Waals surface area (Å²) in [7, 11) is 3.01. The van der Waals surface area contributed by atoms with Crippen LogP contribution in [0.4, 0.5) is 0 Å². The molecule has 2 aromatic heterocycles. The quantitative estimate of drug-likeness (QED) is 0.715. The lowest BCUT2D eigenvalue weighted by atomic mass is 10.3. The van der Waals surface area contributed by atoms with Crippen LogP contribution in [0.2, 0.25) is 0 Å². The summed E-state index contributed by atoms with van der Waals surface area (Å²) in [5, 5.41) is 0. The summed E-state index contributed by atoms with van der Waals surface area (Å²) >= 11 is 0. The largest absolute Gasteiger partial charge is 0.481 e. The van der Waals surface area contributed by atoms with Gasteiger partial charge in [0.1, 0.15) is 0 Å². The van der Waals surface area contributed by atoms with E-state index >= 15 is 0 Å². The molecule has 0 fully saturated rings. The van der Waals surface area contributed by atoms with Gasteiger partial charge in [-0.15, -0.1) is 0 Å². The first-order valence-electron chi connectivity index (χ1n) is 7.42. The van der Waals surface area contributed by atoms with Crippen molar-refractivity contribution in [2.24, 2.45) is 0 Å². The van der Waals surface area contributed by atoms with E-state index in [2.05, 4.69) is 9.97 Å². The Balaban J connectivity index is 1.99. The third-order valence-corrected chi connectivity index (χ3v) is 3.61. The first-order chi connectivity index (χ1) is 11.6. The van der Waals surface area contributed by atoms with Crippen LogP contribution in [-0.2, 0) is 6.54 Å². The molecule has 124 valence electrons. The van der Waals surface area contributed by atoms with Crippen molar-refractivity contribution in [3.63, 3.8) is 0 Å². The lowest BCUT2D eigenvalue weighted by Gasteiger charge is -2.06. The Kier molecular flexibility index (Phi) is 4.33. The van der Waals surface area contributed by atoms with E-state index in [-0.39, 0.29) is 11.7 Å². The summed E-state index contributed by atoms with van der Waals surface area (Å²) < 4.78 is 13.5. The summed E-state index contributed by atoms with van der Waals surface area (Å²) in [6.07, 6.45) is 1.80. The summed E-state index contributed by atoms with van der Waals surface area (Å²) in [6.45, 7) is 2.20. The van der Waals surface area contributed by atoms with Crippen LogP contribution in [0.1, 0.15) is 11.4 Å². The van der Waals surface area contributed by atoms with Crippen molar-refractivity contribution in [2.75, 3.05) is 14.2 Å². The van der Waals surface area contributed by atoms with Gasteiger partial charge in [-0.25, -0.2) is 4.79 Å². The molecule has 7 heteroatoms. The molecule has 3 aromatic rings. The van der Waals surface area contributed by atoms with Gasteiger partial charge in [-0.05, 0) is 19.1 Å². The maximum Gasteiger partial charge on any atom is 0.333 e. The minimum atomic E-state index is -0.129. The van der Waals surface area contributed by atoms with Gasteiger partial charge in [-0.3, -0.25) is 9.13 Å². The zero-order valence-corrected chi connectivity index (χ0v) is 13.8. The molecular formula is C17H18N4O3. The number of aromatic nitrogens is 4. The number of benzene rings is 1. The molecule has 0 N–H and O–H groups in total. The van der Waals surface area contributed by atoms with Crippen molar-refractivity contribution in [3.05, 3.63) is 64.5 Å². The Bertz CT molecular complexity index is 878. The van der Waals surface area contributed by atoms with Crippen LogP contribution < -0.4 is 15.2 Å². The molecule has 7 nitrogen and oxygen atoms in total. The van der Waals surface area contributed by atoms with E-state index in [1.54, 1.807) is 21.4 Å². The molecule has 0 radical (unpaired) electrons. The van der Waals surface area contributed by atoms with Crippen LogP contribution in [0.3, 0.4) is 0 Å². The van der Waals surface area contributed by atoms with Crippen LogP contribution in [0.15, 0.2) is 47.4 Å². The highest BCUT2D eigenvalue weighted by molar-refractivity contribution is 5.33.